The highest BCUT2D eigenvalue weighted by Gasteiger charge is 2.29. The minimum Gasteiger partial charge on any atom is -0.611 e. The minimum absolute atomic E-state index is 0.129. The van der Waals surface area contributed by atoms with E-state index >= 15 is 0 Å². The van der Waals surface area contributed by atoms with Gasteiger partial charge in [0.2, 0.25) is 5.91 Å². The number of hydrogen-bond acceptors (Lipinski definition) is 3. The van der Waals surface area contributed by atoms with Crippen LogP contribution < -0.4 is 0 Å². The number of amides is 1. The summed E-state index contributed by atoms with van der Waals surface area (Å²) in [4.78, 5) is 14.2. The summed E-state index contributed by atoms with van der Waals surface area (Å²) in [6.07, 6.45) is 0.884. The molecule has 2 atom stereocenters. The first-order valence-electron chi connectivity index (χ1n) is 5.88. The van der Waals surface area contributed by atoms with E-state index in [2.05, 4.69) is 0 Å². The summed E-state index contributed by atoms with van der Waals surface area (Å²) in [5, 5.41) is 0.294. The fourth-order valence-corrected chi connectivity index (χ4v) is 4.78. The normalized spacial score (nSPS) is 22.4. The number of benzene rings is 1. The molecule has 0 aliphatic carbocycles. The lowest BCUT2D eigenvalue weighted by Gasteiger charge is -2.26. The van der Waals surface area contributed by atoms with Crippen molar-refractivity contribution in [3.8, 4) is 0 Å². The van der Waals surface area contributed by atoms with E-state index in [9.17, 15) is 9.35 Å². The maximum absolute atomic E-state index is 11.9. The molecule has 1 aliphatic rings. The van der Waals surface area contributed by atoms with Gasteiger partial charge in [-0.1, -0.05) is 18.2 Å². The van der Waals surface area contributed by atoms with E-state index in [0.29, 0.717) is 16.8 Å². The lowest BCUT2D eigenvalue weighted by atomic mass is 10.1. The third-order valence-electron chi connectivity index (χ3n) is 2.98. The number of fused-ring (bicyclic) bond motifs is 1. The average molecular weight is 283 g/mol. The predicted molar refractivity (Wildman–Crippen MR) is 76.2 cm³/mol. The van der Waals surface area contributed by atoms with E-state index < -0.39 is 11.2 Å². The molecule has 1 heterocycles. The van der Waals surface area contributed by atoms with Crippen LogP contribution in [0.1, 0.15) is 17.2 Å². The first-order chi connectivity index (χ1) is 8.59. The van der Waals surface area contributed by atoms with Gasteiger partial charge in [0.1, 0.15) is 5.75 Å². The maximum Gasteiger partial charge on any atom is 0.232 e. The maximum atomic E-state index is 11.9. The van der Waals surface area contributed by atoms with Gasteiger partial charge in [-0.15, -0.1) is 11.8 Å². The minimum atomic E-state index is -0.868. The second-order valence-corrected chi connectivity index (χ2v) is 7.19. The van der Waals surface area contributed by atoms with Gasteiger partial charge in [-0.3, -0.25) is 4.79 Å². The van der Waals surface area contributed by atoms with Crippen LogP contribution in [-0.2, 0) is 16.0 Å². The van der Waals surface area contributed by atoms with Crippen molar-refractivity contribution in [2.24, 2.45) is 0 Å². The van der Waals surface area contributed by atoms with Crippen molar-refractivity contribution in [2.75, 3.05) is 25.6 Å². The molecule has 2 unspecified atom stereocenters. The van der Waals surface area contributed by atoms with E-state index in [4.69, 9.17) is 0 Å². The summed E-state index contributed by atoms with van der Waals surface area (Å²) in [5.74, 6) is 1.31. The van der Waals surface area contributed by atoms with E-state index in [1.165, 1.54) is 0 Å². The molecule has 1 aromatic rings. The van der Waals surface area contributed by atoms with Crippen LogP contribution in [0, 0.1) is 0 Å². The Labute approximate surface area is 115 Å². The molecule has 3 nitrogen and oxygen atoms in total. The fraction of sp³-hybridized carbons (Fsp3) is 0.462. The lowest BCUT2D eigenvalue weighted by Crippen LogP contribution is -2.25. The zero-order chi connectivity index (χ0) is 13.1. The molecular weight excluding hydrogens is 266 g/mol. The molecule has 1 aliphatic heterocycles. The van der Waals surface area contributed by atoms with Crippen molar-refractivity contribution in [3.63, 3.8) is 0 Å². The fourth-order valence-electron chi connectivity index (χ4n) is 1.91. The van der Waals surface area contributed by atoms with Crippen molar-refractivity contribution in [2.45, 2.75) is 16.6 Å². The second-order valence-electron chi connectivity index (χ2n) is 4.46. The molecule has 1 amide bonds. The van der Waals surface area contributed by atoms with Gasteiger partial charge in [-0.25, -0.2) is 0 Å². The van der Waals surface area contributed by atoms with Crippen LogP contribution in [0.25, 0.3) is 0 Å². The Morgan fingerprint density at radius 2 is 2.22 bits per heavy atom. The molecule has 2 rings (SSSR count). The Morgan fingerprint density at radius 1 is 1.50 bits per heavy atom. The van der Waals surface area contributed by atoms with E-state index in [1.54, 1.807) is 30.8 Å². The number of carbonyl (C=O) groups is 1. The van der Waals surface area contributed by atoms with Crippen LogP contribution in [0.5, 0.6) is 0 Å². The van der Waals surface area contributed by atoms with Crippen LogP contribution in [0.4, 0.5) is 0 Å². The van der Waals surface area contributed by atoms with Gasteiger partial charge in [0.05, 0.1) is 5.75 Å². The third kappa shape index (κ3) is 3.02. The Hall–Kier alpha value is -0.650. The third-order valence-corrected chi connectivity index (χ3v) is 5.76. The van der Waals surface area contributed by atoms with Gasteiger partial charge in [0.25, 0.3) is 0 Å². The number of rotatable bonds is 3. The van der Waals surface area contributed by atoms with Crippen LogP contribution in [0.15, 0.2) is 29.2 Å². The molecule has 0 fully saturated rings. The predicted octanol–water partition coefficient (Wildman–Crippen LogP) is 2.06. The highest BCUT2D eigenvalue weighted by atomic mass is 32.2. The zero-order valence-electron chi connectivity index (χ0n) is 10.6. The van der Waals surface area contributed by atoms with Crippen molar-refractivity contribution < 1.29 is 9.35 Å². The SMILES string of the molecule is CN(C)C(=O)CSC1CC[S+]([O-])c2ccccc21. The van der Waals surface area contributed by atoms with Gasteiger partial charge in [-0.2, -0.15) is 0 Å². The first-order valence-corrected chi connectivity index (χ1v) is 8.25. The molecule has 0 bridgehead atoms. The summed E-state index contributed by atoms with van der Waals surface area (Å²) in [7, 11) is 3.54. The Kier molecular flexibility index (Phi) is 4.59. The van der Waals surface area contributed by atoms with Crippen molar-refractivity contribution >= 4 is 28.8 Å². The Bertz CT molecular complexity index is 437. The smallest absolute Gasteiger partial charge is 0.232 e. The first kappa shape index (κ1) is 13.8. The van der Waals surface area contributed by atoms with Crippen molar-refractivity contribution in [1.82, 2.24) is 4.90 Å². The Balaban J connectivity index is 2.07. The number of nitrogens with zero attached hydrogens (tertiary/aromatic N) is 1. The summed E-state index contributed by atoms with van der Waals surface area (Å²) in [6.45, 7) is 0. The monoisotopic (exact) mass is 283 g/mol. The molecule has 98 valence electrons. The van der Waals surface area contributed by atoms with Gasteiger partial charge >= 0.3 is 0 Å². The number of hydrogen-bond donors (Lipinski definition) is 0. The van der Waals surface area contributed by atoms with Crippen LogP contribution in [0.2, 0.25) is 0 Å². The summed E-state index contributed by atoms with van der Waals surface area (Å²) in [6, 6.07) is 7.87. The number of carbonyl (C=O) groups excluding carboxylic acids is 1. The van der Waals surface area contributed by atoms with E-state index in [1.807, 2.05) is 24.3 Å². The summed E-state index contributed by atoms with van der Waals surface area (Å²) < 4.78 is 11.9. The molecule has 0 spiro atoms. The van der Waals surface area contributed by atoms with E-state index in [0.717, 1.165) is 16.9 Å². The number of thioether (sulfide) groups is 1. The molecular formula is C13H17NO2S2. The largest absolute Gasteiger partial charge is 0.611 e. The molecule has 18 heavy (non-hydrogen) atoms. The van der Waals surface area contributed by atoms with Gasteiger partial charge < -0.3 is 9.45 Å². The quantitative estimate of drug-likeness (QED) is 0.798. The molecule has 5 heteroatoms. The molecule has 1 aromatic carbocycles. The zero-order valence-corrected chi connectivity index (χ0v) is 12.2. The average Bonchev–Trinajstić information content (AvgIpc) is 2.38. The Morgan fingerprint density at radius 3 is 2.94 bits per heavy atom. The lowest BCUT2D eigenvalue weighted by molar-refractivity contribution is -0.125. The van der Waals surface area contributed by atoms with Crippen molar-refractivity contribution in [3.05, 3.63) is 29.8 Å². The standard InChI is InChI=1S/C13H17NO2S2/c1-14(2)13(15)9-17-11-7-8-18(16)12-6-4-3-5-10(11)12/h3-6,11H,7-9H2,1-2H3. The van der Waals surface area contributed by atoms with Crippen LogP contribution in [0.3, 0.4) is 0 Å². The summed E-state index contributed by atoms with van der Waals surface area (Å²) in [5.41, 5.74) is 1.14. The molecule has 0 N–H and O–H groups in total. The molecule has 0 saturated heterocycles. The molecule has 0 radical (unpaired) electrons. The van der Waals surface area contributed by atoms with Gasteiger partial charge in [-0.05, 0) is 17.2 Å². The van der Waals surface area contributed by atoms with Gasteiger partial charge in [0.15, 0.2) is 4.90 Å². The van der Waals surface area contributed by atoms with Crippen LogP contribution in [-0.4, -0.2) is 41.0 Å². The summed E-state index contributed by atoms with van der Waals surface area (Å²) >= 11 is 0.785. The second kappa shape index (κ2) is 5.99. The van der Waals surface area contributed by atoms with Crippen molar-refractivity contribution in [1.29, 1.82) is 0 Å². The topological polar surface area (TPSA) is 43.4 Å². The van der Waals surface area contributed by atoms with Crippen LogP contribution >= 0.6 is 11.8 Å². The molecule has 0 saturated carbocycles. The highest BCUT2D eigenvalue weighted by molar-refractivity contribution is 8.00. The highest BCUT2D eigenvalue weighted by Crippen LogP contribution is 2.40. The van der Waals surface area contributed by atoms with E-state index in [-0.39, 0.29) is 5.91 Å². The molecule has 0 aromatic heterocycles. The van der Waals surface area contributed by atoms with Gasteiger partial charge in [0, 0.05) is 31.3 Å².